The number of nitrogens with one attached hydrogen (secondary N) is 1. The molecule has 0 radical (unpaired) electrons. The fourth-order valence-electron chi connectivity index (χ4n) is 1.64. The van der Waals surface area contributed by atoms with Gasteiger partial charge in [-0.2, -0.15) is 23.7 Å². The summed E-state index contributed by atoms with van der Waals surface area (Å²) >= 11 is 4.79. The van der Waals surface area contributed by atoms with Gasteiger partial charge in [-0.15, -0.1) is 0 Å². The number of alkyl halides is 4. The van der Waals surface area contributed by atoms with Crippen molar-refractivity contribution in [3.63, 3.8) is 0 Å². The molecular weight excluding hydrogens is 340 g/mol. The van der Waals surface area contributed by atoms with Gasteiger partial charge in [0.05, 0.1) is 13.3 Å². The van der Waals surface area contributed by atoms with Crippen molar-refractivity contribution in [1.82, 2.24) is 14.9 Å². The van der Waals surface area contributed by atoms with Crippen LogP contribution in [0.2, 0.25) is 0 Å². The summed E-state index contributed by atoms with van der Waals surface area (Å²) in [5.74, 6) is -0.761. The van der Waals surface area contributed by atoms with E-state index in [1.54, 1.807) is 0 Å². The summed E-state index contributed by atoms with van der Waals surface area (Å²) < 4.78 is 59.8. The lowest BCUT2D eigenvalue weighted by molar-refractivity contribution is -0.0512. The van der Waals surface area contributed by atoms with E-state index in [1.165, 1.54) is 31.5 Å². The first-order valence-corrected chi connectivity index (χ1v) is 6.46. The molecule has 0 aliphatic carbocycles. The van der Waals surface area contributed by atoms with Crippen LogP contribution in [0.1, 0.15) is 17.8 Å². The Morgan fingerprint density at radius 3 is 2.65 bits per heavy atom. The first-order chi connectivity index (χ1) is 10.9. The van der Waals surface area contributed by atoms with Gasteiger partial charge >= 0.3 is 6.61 Å². The van der Waals surface area contributed by atoms with Gasteiger partial charge in [0.1, 0.15) is 0 Å². The van der Waals surface area contributed by atoms with Gasteiger partial charge in [-0.3, -0.25) is 0 Å². The number of hydrogen-bond acceptors (Lipinski definition) is 5. The van der Waals surface area contributed by atoms with Gasteiger partial charge in [0.25, 0.3) is 6.43 Å². The van der Waals surface area contributed by atoms with E-state index in [-0.39, 0.29) is 16.3 Å². The van der Waals surface area contributed by atoms with Crippen LogP contribution in [0.25, 0.3) is 0 Å². The number of aromatic nitrogens is 3. The minimum absolute atomic E-state index is 0.0409. The van der Waals surface area contributed by atoms with E-state index >= 15 is 0 Å². The molecule has 0 aliphatic rings. The van der Waals surface area contributed by atoms with Gasteiger partial charge in [-0.25, -0.2) is 13.9 Å². The largest absolute Gasteiger partial charge is 0.493 e. The van der Waals surface area contributed by atoms with Crippen molar-refractivity contribution in [2.24, 2.45) is 5.10 Å². The second kappa shape index (κ2) is 7.22. The van der Waals surface area contributed by atoms with Crippen molar-refractivity contribution in [2.75, 3.05) is 7.11 Å². The van der Waals surface area contributed by atoms with Crippen LogP contribution in [0.5, 0.6) is 11.5 Å². The topological polar surface area (TPSA) is 64.4 Å². The van der Waals surface area contributed by atoms with E-state index < -0.39 is 18.9 Å². The number of nitrogens with zero attached hydrogens (tertiary/aromatic N) is 3. The second-order valence-corrected chi connectivity index (χ2v) is 4.42. The van der Waals surface area contributed by atoms with E-state index in [2.05, 4.69) is 20.0 Å². The quantitative estimate of drug-likeness (QED) is 0.493. The summed E-state index contributed by atoms with van der Waals surface area (Å²) in [5.41, 5.74) is 0.395. The van der Waals surface area contributed by atoms with Crippen molar-refractivity contribution in [1.29, 1.82) is 0 Å². The number of rotatable bonds is 6. The second-order valence-electron chi connectivity index (χ2n) is 4.03. The summed E-state index contributed by atoms with van der Waals surface area (Å²) in [5, 5.41) is 9.36. The van der Waals surface area contributed by atoms with Gasteiger partial charge in [-0.1, -0.05) is 0 Å². The molecule has 0 fully saturated rings. The molecule has 0 amide bonds. The molecule has 0 aliphatic heterocycles. The number of methoxy groups -OCH3 is 1. The molecule has 1 aromatic carbocycles. The summed E-state index contributed by atoms with van der Waals surface area (Å²) in [7, 11) is 1.27. The van der Waals surface area contributed by atoms with E-state index in [4.69, 9.17) is 17.0 Å². The van der Waals surface area contributed by atoms with Crippen molar-refractivity contribution in [3.8, 4) is 11.5 Å². The molecule has 2 rings (SSSR count). The fraction of sp³-hybridized carbons (Fsp3) is 0.250. The van der Waals surface area contributed by atoms with E-state index in [0.717, 1.165) is 4.68 Å². The summed E-state index contributed by atoms with van der Waals surface area (Å²) in [6.07, 6.45) is -1.66. The highest BCUT2D eigenvalue weighted by Crippen LogP contribution is 2.29. The first kappa shape index (κ1) is 16.9. The van der Waals surface area contributed by atoms with Crippen LogP contribution >= 0.6 is 12.2 Å². The maximum atomic E-state index is 12.7. The Labute approximate surface area is 132 Å². The molecule has 0 saturated carbocycles. The highest BCUT2D eigenvalue weighted by Gasteiger charge is 2.16. The van der Waals surface area contributed by atoms with E-state index in [0.29, 0.717) is 5.56 Å². The number of hydrogen-bond donors (Lipinski definition) is 1. The Bertz CT molecular complexity index is 760. The average Bonchev–Trinajstić information content (AvgIpc) is 2.87. The normalized spacial score (nSPS) is 11.6. The van der Waals surface area contributed by atoms with Crippen LogP contribution in [0.3, 0.4) is 0 Å². The van der Waals surface area contributed by atoms with Crippen molar-refractivity contribution >= 4 is 18.4 Å². The lowest BCUT2D eigenvalue weighted by Gasteiger charge is -2.09. The van der Waals surface area contributed by atoms with Crippen LogP contribution in [0.4, 0.5) is 17.6 Å². The minimum Gasteiger partial charge on any atom is -0.493 e. The third-order valence-electron chi connectivity index (χ3n) is 2.60. The maximum Gasteiger partial charge on any atom is 0.387 e. The Morgan fingerprint density at radius 1 is 1.30 bits per heavy atom. The Kier molecular flexibility index (Phi) is 5.32. The number of benzene rings is 1. The first-order valence-electron chi connectivity index (χ1n) is 6.05. The smallest absolute Gasteiger partial charge is 0.387 e. The number of ether oxygens (including phenoxy) is 2. The molecule has 0 spiro atoms. The molecule has 1 N–H and O–H groups in total. The van der Waals surface area contributed by atoms with Crippen molar-refractivity contribution < 1.29 is 27.0 Å². The van der Waals surface area contributed by atoms with Crippen LogP contribution in [-0.2, 0) is 0 Å². The molecule has 0 saturated heterocycles. The van der Waals surface area contributed by atoms with Gasteiger partial charge in [0.2, 0.25) is 10.6 Å². The minimum atomic E-state index is -3.00. The Morgan fingerprint density at radius 2 is 2.04 bits per heavy atom. The van der Waals surface area contributed by atoms with E-state index in [9.17, 15) is 17.6 Å². The van der Waals surface area contributed by atoms with Gasteiger partial charge < -0.3 is 9.47 Å². The van der Waals surface area contributed by atoms with Crippen LogP contribution in [0.15, 0.2) is 23.3 Å². The van der Waals surface area contributed by atoms with Gasteiger partial charge in [0, 0.05) is 0 Å². The molecule has 0 unspecified atom stereocenters. The number of aromatic amines is 1. The molecule has 6 nitrogen and oxygen atoms in total. The molecule has 23 heavy (non-hydrogen) atoms. The SMILES string of the molecule is COc1cc(C=Nn2c(C(F)F)n[nH]c2=S)ccc1OC(F)F. The molecule has 1 heterocycles. The lowest BCUT2D eigenvalue weighted by atomic mass is 10.2. The maximum absolute atomic E-state index is 12.7. The predicted octanol–water partition coefficient (Wildman–Crippen LogP) is 3.37. The zero-order chi connectivity index (χ0) is 17.0. The highest BCUT2D eigenvalue weighted by molar-refractivity contribution is 7.71. The zero-order valence-electron chi connectivity index (χ0n) is 11.5. The molecule has 2 aromatic rings. The molecule has 11 heteroatoms. The van der Waals surface area contributed by atoms with E-state index in [1.807, 2.05) is 0 Å². The van der Waals surface area contributed by atoms with Crippen molar-refractivity contribution in [3.05, 3.63) is 34.4 Å². The summed E-state index contributed by atoms with van der Waals surface area (Å²) in [6.45, 7) is -3.00. The standard InChI is InChI=1S/C12H10F4N4O2S/c1-21-8-4-6(2-3-7(8)22-11(15)16)5-17-20-10(9(13)14)18-19-12(20)23/h2-5,9,11H,1H3,(H,19,23). The fourth-order valence-corrected chi connectivity index (χ4v) is 1.83. The van der Waals surface area contributed by atoms with Crippen LogP contribution < -0.4 is 9.47 Å². The van der Waals surface area contributed by atoms with Crippen LogP contribution in [-0.4, -0.2) is 34.8 Å². The van der Waals surface area contributed by atoms with Gasteiger partial charge in [0.15, 0.2) is 11.5 Å². The van der Waals surface area contributed by atoms with Crippen LogP contribution in [0, 0.1) is 4.77 Å². The third-order valence-corrected chi connectivity index (χ3v) is 2.86. The zero-order valence-corrected chi connectivity index (χ0v) is 12.4. The molecule has 0 atom stereocenters. The number of H-pyrrole nitrogens is 1. The monoisotopic (exact) mass is 350 g/mol. The highest BCUT2D eigenvalue weighted by atomic mass is 32.1. The Balaban J connectivity index is 2.30. The number of halogens is 4. The molecule has 0 bridgehead atoms. The summed E-state index contributed by atoms with van der Waals surface area (Å²) in [4.78, 5) is 0. The third kappa shape index (κ3) is 4.06. The average molecular weight is 350 g/mol. The Hall–Kier alpha value is -2.43. The molecule has 1 aromatic heterocycles. The van der Waals surface area contributed by atoms with Crippen molar-refractivity contribution in [2.45, 2.75) is 13.0 Å². The predicted molar refractivity (Wildman–Crippen MR) is 75.0 cm³/mol. The lowest BCUT2D eigenvalue weighted by Crippen LogP contribution is -2.04. The summed E-state index contributed by atoms with van der Waals surface area (Å²) in [6, 6.07) is 4.00. The van der Waals surface area contributed by atoms with Gasteiger partial charge in [-0.05, 0) is 36.0 Å². The molecular formula is C12H10F4N4O2S. The molecule has 124 valence electrons.